The highest BCUT2D eigenvalue weighted by Gasteiger charge is 2.25. The quantitative estimate of drug-likeness (QED) is 0.446. The SMILES string of the molecule is Cn1c(=O)c(C(=O)COC(=O)C2CC=CCC2)c(N)n(Cc2ccccc2)c1=O. The number of nitrogens with two attached hydrogens (primary N) is 1. The van der Waals surface area contributed by atoms with E-state index in [1.807, 2.05) is 30.4 Å². The molecular formula is C21H23N3O5. The molecule has 0 bridgehead atoms. The van der Waals surface area contributed by atoms with Crippen LogP contribution in [-0.4, -0.2) is 27.5 Å². The van der Waals surface area contributed by atoms with Crippen molar-refractivity contribution in [3.05, 3.63) is 74.4 Å². The molecule has 8 nitrogen and oxygen atoms in total. The van der Waals surface area contributed by atoms with Gasteiger partial charge in [-0.3, -0.25) is 23.5 Å². The van der Waals surface area contributed by atoms with Crippen molar-refractivity contribution in [1.29, 1.82) is 0 Å². The first-order valence-electron chi connectivity index (χ1n) is 9.38. The van der Waals surface area contributed by atoms with Crippen LogP contribution < -0.4 is 17.0 Å². The minimum absolute atomic E-state index is 0.105. The van der Waals surface area contributed by atoms with Crippen molar-refractivity contribution >= 4 is 17.6 Å². The third-order valence-corrected chi connectivity index (χ3v) is 4.99. The number of ether oxygens (including phenoxy) is 1. The number of rotatable bonds is 6. The van der Waals surface area contributed by atoms with Crippen LogP contribution in [0.2, 0.25) is 0 Å². The van der Waals surface area contributed by atoms with Crippen molar-refractivity contribution in [3.8, 4) is 0 Å². The van der Waals surface area contributed by atoms with Crippen LogP contribution in [0.3, 0.4) is 0 Å². The molecule has 0 saturated heterocycles. The highest BCUT2D eigenvalue weighted by molar-refractivity contribution is 6.01. The summed E-state index contributed by atoms with van der Waals surface area (Å²) in [5.74, 6) is -1.73. The van der Waals surface area contributed by atoms with Crippen LogP contribution in [0.5, 0.6) is 0 Å². The predicted molar refractivity (Wildman–Crippen MR) is 108 cm³/mol. The Morgan fingerprint density at radius 2 is 1.90 bits per heavy atom. The van der Waals surface area contributed by atoms with E-state index < -0.39 is 29.6 Å². The van der Waals surface area contributed by atoms with E-state index in [1.54, 1.807) is 12.1 Å². The average molecular weight is 397 g/mol. The third-order valence-electron chi connectivity index (χ3n) is 4.99. The van der Waals surface area contributed by atoms with Gasteiger partial charge < -0.3 is 10.5 Å². The smallest absolute Gasteiger partial charge is 0.332 e. The number of esters is 1. The number of allylic oxidation sites excluding steroid dienone is 2. The number of nitrogen functional groups attached to an aromatic ring is 1. The second-order valence-electron chi connectivity index (χ2n) is 6.99. The van der Waals surface area contributed by atoms with Crippen molar-refractivity contribution in [2.45, 2.75) is 25.8 Å². The number of benzene rings is 1. The Morgan fingerprint density at radius 3 is 2.55 bits per heavy atom. The van der Waals surface area contributed by atoms with Gasteiger partial charge in [0.1, 0.15) is 11.4 Å². The Hall–Kier alpha value is -3.42. The first kappa shape index (κ1) is 20.3. The highest BCUT2D eigenvalue weighted by Crippen LogP contribution is 2.19. The van der Waals surface area contributed by atoms with Gasteiger partial charge in [-0.25, -0.2) is 4.79 Å². The fourth-order valence-electron chi connectivity index (χ4n) is 3.30. The Labute approximate surface area is 167 Å². The minimum Gasteiger partial charge on any atom is -0.457 e. The van der Waals surface area contributed by atoms with Gasteiger partial charge in [0.25, 0.3) is 5.56 Å². The fraction of sp³-hybridized carbons (Fsp3) is 0.333. The fourth-order valence-corrected chi connectivity index (χ4v) is 3.30. The molecular weight excluding hydrogens is 374 g/mol. The molecule has 1 aliphatic rings. The van der Waals surface area contributed by atoms with Gasteiger partial charge in [0.15, 0.2) is 6.61 Å². The van der Waals surface area contributed by atoms with Gasteiger partial charge in [0, 0.05) is 7.05 Å². The molecule has 3 rings (SSSR count). The summed E-state index contributed by atoms with van der Waals surface area (Å²) in [6.07, 6.45) is 5.92. The lowest BCUT2D eigenvalue weighted by Gasteiger charge is -2.17. The van der Waals surface area contributed by atoms with Gasteiger partial charge in [0.2, 0.25) is 5.78 Å². The van der Waals surface area contributed by atoms with Crippen molar-refractivity contribution in [2.24, 2.45) is 13.0 Å². The summed E-state index contributed by atoms with van der Waals surface area (Å²) in [5, 5.41) is 0. The maximum absolute atomic E-state index is 12.6. The van der Waals surface area contributed by atoms with Crippen LogP contribution in [0.15, 0.2) is 52.1 Å². The topological polar surface area (TPSA) is 113 Å². The second kappa shape index (κ2) is 8.72. The number of hydrogen-bond donors (Lipinski definition) is 1. The molecule has 0 fully saturated rings. The molecule has 152 valence electrons. The maximum Gasteiger partial charge on any atom is 0.332 e. The van der Waals surface area contributed by atoms with Gasteiger partial charge in [-0.15, -0.1) is 0 Å². The number of aromatic nitrogens is 2. The Morgan fingerprint density at radius 1 is 1.17 bits per heavy atom. The van der Waals surface area contributed by atoms with Crippen LogP contribution in [-0.2, 0) is 23.1 Å². The lowest BCUT2D eigenvalue weighted by Crippen LogP contribution is -2.43. The number of Topliss-reactive ketones (excluding diaryl/α,β-unsaturated/α-hetero) is 1. The van der Waals surface area contributed by atoms with Crippen molar-refractivity contribution in [2.75, 3.05) is 12.3 Å². The molecule has 1 aliphatic carbocycles. The molecule has 1 aromatic carbocycles. The molecule has 1 heterocycles. The van der Waals surface area contributed by atoms with E-state index in [2.05, 4.69) is 0 Å². The number of carbonyl (C=O) groups is 2. The summed E-state index contributed by atoms with van der Waals surface area (Å²) < 4.78 is 7.12. The van der Waals surface area contributed by atoms with E-state index in [1.165, 1.54) is 7.05 Å². The summed E-state index contributed by atoms with van der Waals surface area (Å²) in [7, 11) is 1.28. The first-order chi connectivity index (χ1) is 13.9. The minimum atomic E-state index is -0.807. The van der Waals surface area contributed by atoms with E-state index in [4.69, 9.17) is 10.5 Å². The molecule has 8 heteroatoms. The van der Waals surface area contributed by atoms with Crippen LogP contribution in [0, 0.1) is 5.92 Å². The molecule has 0 saturated carbocycles. The van der Waals surface area contributed by atoms with Gasteiger partial charge in [0.05, 0.1) is 12.5 Å². The van der Waals surface area contributed by atoms with Gasteiger partial charge >= 0.3 is 11.7 Å². The van der Waals surface area contributed by atoms with Gasteiger partial charge in [-0.1, -0.05) is 42.5 Å². The molecule has 1 aromatic heterocycles. The number of hydrogen-bond acceptors (Lipinski definition) is 6. The number of carbonyl (C=O) groups excluding carboxylic acids is 2. The van der Waals surface area contributed by atoms with Crippen LogP contribution >= 0.6 is 0 Å². The molecule has 0 radical (unpaired) electrons. The highest BCUT2D eigenvalue weighted by atomic mass is 16.5. The molecule has 29 heavy (non-hydrogen) atoms. The van der Waals surface area contributed by atoms with Crippen molar-refractivity contribution < 1.29 is 14.3 Å². The van der Waals surface area contributed by atoms with Crippen molar-refractivity contribution in [3.63, 3.8) is 0 Å². The van der Waals surface area contributed by atoms with E-state index in [0.717, 1.165) is 21.1 Å². The Balaban J connectivity index is 1.85. The molecule has 2 N–H and O–H groups in total. The molecule has 1 unspecified atom stereocenters. The normalized spacial score (nSPS) is 15.8. The summed E-state index contributed by atoms with van der Waals surface area (Å²) in [5.41, 5.74) is 5.04. The largest absolute Gasteiger partial charge is 0.457 e. The Bertz CT molecular complexity index is 1070. The molecule has 0 amide bonds. The zero-order valence-electron chi connectivity index (χ0n) is 16.2. The van der Waals surface area contributed by atoms with Gasteiger partial charge in [-0.2, -0.15) is 0 Å². The lowest BCUT2D eigenvalue weighted by molar-refractivity contribution is -0.147. The molecule has 0 aliphatic heterocycles. The average Bonchev–Trinajstić information content (AvgIpc) is 2.75. The number of anilines is 1. The third kappa shape index (κ3) is 4.37. The maximum atomic E-state index is 12.6. The zero-order valence-corrected chi connectivity index (χ0v) is 16.2. The van der Waals surface area contributed by atoms with E-state index in [-0.39, 0.29) is 23.8 Å². The van der Waals surface area contributed by atoms with Gasteiger partial charge in [-0.05, 0) is 24.8 Å². The second-order valence-corrected chi connectivity index (χ2v) is 6.99. The van der Waals surface area contributed by atoms with E-state index in [0.29, 0.717) is 12.8 Å². The van der Waals surface area contributed by atoms with Crippen molar-refractivity contribution in [1.82, 2.24) is 9.13 Å². The number of ketones is 1. The standard InChI is InChI=1S/C21H23N3O5/c1-23-19(26)17(16(25)13-29-20(27)15-10-6-3-7-11-15)18(22)24(21(23)28)12-14-8-4-2-5-9-14/h2-6,8-9,15H,7,10-13,22H2,1H3. The summed E-state index contributed by atoms with van der Waals surface area (Å²) in [6, 6.07) is 9.06. The molecule has 0 spiro atoms. The van der Waals surface area contributed by atoms with E-state index in [9.17, 15) is 19.2 Å². The van der Waals surface area contributed by atoms with Crippen LogP contribution in [0.4, 0.5) is 5.82 Å². The summed E-state index contributed by atoms with van der Waals surface area (Å²) >= 11 is 0. The monoisotopic (exact) mass is 397 g/mol. The molecule has 1 atom stereocenters. The lowest BCUT2D eigenvalue weighted by atomic mass is 9.95. The first-order valence-corrected chi connectivity index (χ1v) is 9.38. The molecule has 2 aromatic rings. The predicted octanol–water partition coefficient (Wildman–Crippen LogP) is 1.26. The summed E-state index contributed by atoms with van der Waals surface area (Å²) in [4.78, 5) is 49.8. The Kier molecular flexibility index (Phi) is 6.11. The van der Waals surface area contributed by atoms with Crippen LogP contribution in [0.1, 0.15) is 35.2 Å². The number of nitrogens with zero attached hydrogens (tertiary/aromatic N) is 2. The van der Waals surface area contributed by atoms with E-state index >= 15 is 0 Å². The summed E-state index contributed by atoms with van der Waals surface area (Å²) in [6.45, 7) is -0.490. The zero-order chi connectivity index (χ0) is 21.0. The van der Waals surface area contributed by atoms with Crippen LogP contribution in [0.25, 0.3) is 0 Å².